The SMILES string of the molecule is C=CC(=O)Nc1cc(Nc2cc(-c3cccc(NC(=O)c4ccc(C(C)(C)C)cc4)c3C)cn(C)c2=O)ccc1C(=O)N1CCOCC1. The number of rotatable bonds is 8. The second-order valence-electron chi connectivity index (χ2n) is 12.8. The monoisotopic (exact) mass is 647 g/mol. The minimum absolute atomic E-state index is 0.0152. The van der Waals surface area contributed by atoms with E-state index in [9.17, 15) is 19.2 Å². The molecular formula is C38H41N5O5. The van der Waals surface area contributed by atoms with Crippen LogP contribution in [-0.4, -0.2) is 53.5 Å². The van der Waals surface area contributed by atoms with Gasteiger partial charge in [0.1, 0.15) is 5.69 Å². The molecule has 1 fully saturated rings. The third-order valence-corrected chi connectivity index (χ3v) is 8.36. The molecular weight excluding hydrogens is 606 g/mol. The summed E-state index contributed by atoms with van der Waals surface area (Å²) in [6, 6.07) is 19.9. The average molecular weight is 648 g/mol. The zero-order valence-electron chi connectivity index (χ0n) is 28.0. The summed E-state index contributed by atoms with van der Waals surface area (Å²) in [5.74, 6) is -0.912. The number of nitrogens with one attached hydrogen (secondary N) is 3. The van der Waals surface area contributed by atoms with Crippen LogP contribution in [0, 0.1) is 6.92 Å². The number of hydrogen-bond acceptors (Lipinski definition) is 6. The Hall–Kier alpha value is -5.48. The van der Waals surface area contributed by atoms with Crippen LogP contribution in [0.2, 0.25) is 0 Å². The van der Waals surface area contributed by atoms with Crippen LogP contribution < -0.4 is 21.5 Å². The first-order valence-corrected chi connectivity index (χ1v) is 15.8. The van der Waals surface area contributed by atoms with Gasteiger partial charge in [0.15, 0.2) is 0 Å². The van der Waals surface area contributed by atoms with Crippen LogP contribution >= 0.6 is 0 Å². The molecule has 0 bridgehead atoms. The first-order valence-electron chi connectivity index (χ1n) is 15.8. The number of amides is 3. The molecule has 3 N–H and O–H groups in total. The number of aryl methyl sites for hydroxylation is 1. The number of carbonyl (C=O) groups is 3. The van der Waals surface area contributed by atoms with Gasteiger partial charge in [0.25, 0.3) is 17.4 Å². The molecule has 10 heteroatoms. The van der Waals surface area contributed by atoms with Gasteiger partial charge in [-0.15, -0.1) is 0 Å². The second-order valence-corrected chi connectivity index (χ2v) is 12.8. The Bertz CT molecular complexity index is 1930. The molecule has 1 aliphatic heterocycles. The van der Waals surface area contributed by atoms with Crippen LogP contribution in [0.3, 0.4) is 0 Å². The lowest BCUT2D eigenvalue weighted by Gasteiger charge is -2.27. The molecule has 5 rings (SSSR count). The highest BCUT2D eigenvalue weighted by Crippen LogP contribution is 2.31. The normalized spacial score (nSPS) is 13.1. The van der Waals surface area contributed by atoms with Gasteiger partial charge >= 0.3 is 0 Å². The van der Waals surface area contributed by atoms with E-state index in [1.807, 2.05) is 49.4 Å². The van der Waals surface area contributed by atoms with Gasteiger partial charge in [-0.25, -0.2) is 0 Å². The molecule has 1 aliphatic rings. The number of nitrogens with zero attached hydrogens (tertiary/aromatic N) is 2. The van der Waals surface area contributed by atoms with Crippen LogP contribution in [0.1, 0.15) is 52.6 Å². The minimum atomic E-state index is -0.467. The number of hydrogen-bond donors (Lipinski definition) is 3. The van der Waals surface area contributed by atoms with Crippen molar-refractivity contribution in [3.05, 3.63) is 118 Å². The molecule has 3 amide bonds. The molecule has 0 saturated carbocycles. The predicted octanol–water partition coefficient (Wildman–Crippen LogP) is 6.25. The number of carbonyl (C=O) groups excluding carboxylic acids is 3. The van der Waals surface area contributed by atoms with Crippen LogP contribution in [-0.2, 0) is 22.0 Å². The fourth-order valence-corrected chi connectivity index (χ4v) is 5.54. The first-order chi connectivity index (χ1) is 22.8. The Morgan fingerprint density at radius 3 is 2.27 bits per heavy atom. The van der Waals surface area contributed by atoms with Gasteiger partial charge in [-0.3, -0.25) is 19.2 Å². The van der Waals surface area contributed by atoms with Crippen molar-refractivity contribution in [2.45, 2.75) is 33.1 Å². The van der Waals surface area contributed by atoms with Gasteiger partial charge in [0.2, 0.25) is 5.91 Å². The Morgan fingerprint density at radius 1 is 0.896 bits per heavy atom. The maximum absolute atomic E-state index is 13.3. The van der Waals surface area contributed by atoms with Crippen molar-refractivity contribution in [2.75, 3.05) is 42.3 Å². The van der Waals surface area contributed by atoms with Crippen LogP contribution in [0.4, 0.5) is 22.7 Å². The smallest absolute Gasteiger partial charge is 0.274 e. The van der Waals surface area contributed by atoms with Crippen LogP contribution in [0.5, 0.6) is 0 Å². The van der Waals surface area contributed by atoms with E-state index in [2.05, 4.69) is 43.3 Å². The zero-order valence-corrected chi connectivity index (χ0v) is 28.0. The molecule has 48 heavy (non-hydrogen) atoms. The molecule has 4 aromatic rings. The number of ether oxygens (including phenoxy) is 1. The van der Waals surface area contributed by atoms with Crippen molar-refractivity contribution in [3.63, 3.8) is 0 Å². The van der Waals surface area contributed by atoms with Crippen molar-refractivity contribution in [2.24, 2.45) is 7.05 Å². The first kappa shape index (κ1) is 33.9. The van der Waals surface area contributed by atoms with Gasteiger partial charge in [0, 0.05) is 48.8 Å². The Kier molecular flexibility index (Phi) is 9.95. The minimum Gasteiger partial charge on any atom is -0.378 e. The van der Waals surface area contributed by atoms with Crippen LogP contribution in [0.15, 0.2) is 90.4 Å². The number of benzene rings is 3. The summed E-state index contributed by atoms with van der Waals surface area (Å²) in [6.45, 7) is 13.6. The van der Waals surface area contributed by atoms with Gasteiger partial charge in [-0.1, -0.05) is 51.6 Å². The Labute approximate surface area is 280 Å². The highest BCUT2D eigenvalue weighted by atomic mass is 16.5. The maximum Gasteiger partial charge on any atom is 0.274 e. The Morgan fingerprint density at radius 2 is 1.60 bits per heavy atom. The summed E-state index contributed by atoms with van der Waals surface area (Å²) < 4.78 is 6.85. The summed E-state index contributed by atoms with van der Waals surface area (Å²) in [6.07, 6.45) is 2.87. The maximum atomic E-state index is 13.3. The van der Waals surface area contributed by atoms with Gasteiger partial charge < -0.3 is 30.2 Å². The highest BCUT2D eigenvalue weighted by molar-refractivity contribution is 6.07. The lowest BCUT2D eigenvalue weighted by molar-refractivity contribution is -0.111. The predicted molar refractivity (Wildman–Crippen MR) is 190 cm³/mol. The van der Waals surface area contributed by atoms with E-state index in [1.165, 1.54) is 4.57 Å². The zero-order chi connectivity index (χ0) is 34.6. The summed E-state index contributed by atoms with van der Waals surface area (Å²) in [5.41, 5.74) is 5.89. The van der Waals surface area contributed by atoms with Crippen LogP contribution in [0.25, 0.3) is 11.1 Å². The molecule has 0 spiro atoms. The van der Waals surface area contributed by atoms with Crippen molar-refractivity contribution in [3.8, 4) is 11.1 Å². The number of aromatic nitrogens is 1. The molecule has 1 aromatic heterocycles. The number of pyridine rings is 1. The van der Waals surface area contributed by atoms with E-state index in [0.29, 0.717) is 54.5 Å². The summed E-state index contributed by atoms with van der Waals surface area (Å²) in [5, 5.41) is 8.94. The molecule has 3 aromatic carbocycles. The second kappa shape index (κ2) is 14.1. The van der Waals surface area contributed by atoms with Crippen molar-refractivity contribution in [1.29, 1.82) is 0 Å². The van der Waals surface area contributed by atoms with E-state index in [4.69, 9.17) is 4.74 Å². The standard InChI is InChI=1S/C38H41N5O5/c1-7-34(44)40-32-22-28(15-16-30(32)36(46)43-17-19-48-20-18-43)39-33-21-26(23-42(6)37(33)47)29-9-8-10-31(24(29)2)41-35(45)25-11-13-27(14-12-25)38(3,4)5/h7-16,21-23,39H,1,17-20H2,2-6H3,(H,40,44)(H,41,45). The molecule has 0 unspecified atom stereocenters. The fourth-order valence-electron chi connectivity index (χ4n) is 5.54. The lowest BCUT2D eigenvalue weighted by atomic mass is 9.86. The van der Waals surface area contributed by atoms with E-state index >= 15 is 0 Å². The molecule has 0 atom stereocenters. The fraction of sp³-hybridized carbons (Fsp3) is 0.263. The Balaban J connectivity index is 1.43. The molecule has 10 nitrogen and oxygen atoms in total. The van der Waals surface area contributed by atoms with Crippen molar-refractivity contribution < 1.29 is 19.1 Å². The molecule has 0 radical (unpaired) electrons. The van der Waals surface area contributed by atoms with Gasteiger partial charge in [-0.2, -0.15) is 0 Å². The van der Waals surface area contributed by atoms with Gasteiger partial charge in [0.05, 0.1) is 24.5 Å². The number of morpholine rings is 1. The highest BCUT2D eigenvalue weighted by Gasteiger charge is 2.22. The topological polar surface area (TPSA) is 122 Å². The lowest BCUT2D eigenvalue weighted by Crippen LogP contribution is -2.41. The molecule has 0 aliphatic carbocycles. The largest absolute Gasteiger partial charge is 0.378 e. The number of anilines is 4. The van der Waals surface area contributed by atoms with E-state index in [0.717, 1.165) is 28.3 Å². The van der Waals surface area contributed by atoms with E-state index in [1.54, 1.807) is 42.4 Å². The van der Waals surface area contributed by atoms with E-state index < -0.39 is 5.91 Å². The quantitative estimate of drug-likeness (QED) is 0.195. The van der Waals surface area contributed by atoms with E-state index in [-0.39, 0.29) is 28.5 Å². The van der Waals surface area contributed by atoms with Gasteiger partial charge in [-0.05, 0) is 77.6 Å². The summed E-state index contributed by atoms with van der Waals surface area (Å²) >= 11 is 0. The molecule has 1 saturated heterocycles. The van der Waals surface area contributed by atoms with Crippen molar-refractivity contribution in [1.82, 2.24) is 9.47 Å². The molecule has 2 heterocycles. The average Bonchev–Trinajstić information content (AvgIpc) is 3.07. The third kappa shape index (κ3) is 7.56. The summed E-state index contributed by atoms with van der Waals surface area (Å²) in [4.78, 5) is 53.7. The molecule has 248 valence electrons. The summed E-state index contributed by atoms with van der Waals surface area (Å²) in [7, 11) is 1.67. The van der Waals surface area contributed by atoms with Crippen molar-refractivity contribution >= 4 is 40.5 Å². The third-order valence-electron chi connectivity index (χ3n) is 8.36.